The third kappa shape index (κ3) is 4.23. The number of nitrogen functional groups attached to an aromatic ring is 1. The van der Waals surface area contributed by atoms with Gasteiger partial charge >= 0.3 is 0 Å². The zero-order valence-corrected chi connectivity index (χ0v) is 10.6. The van der Waals surface area contributed by atoms with Crippen molar-refractivity contribution in [1.82, 2.24) is 4.90 Å². The molecule has 90 valence electrons. The van der Waals surface area contributed by atoms with Gasteiger partial charge in [0.15, 0.2) is 0 Å². The van der Waals surface area contributed by atoms with E-state index in [4.69, 9.17) is 5.73 Å². The lowest BCUT2D eigenvalue weighted by Gasteiger charge is -2.20. The van der Waals surface area contributed by atoms with Crippen LogP contribution in [0, 0.1) is 0 Å². The third-order valence-corrected chi connectivity index (χ3v) is 3.03. The molecule has 0 spiro atoms. The second kappa shape index (κ2) is 7.29. The van der Waals surface area contributed by atoms with Gasteiger partial charge in [0.2, 0.25) is 0 Å². The zero-order valence-electron chi connectivity index (χ0n) is 10.6. The summed E-state index contributed by atoms with van der Waals surface area (Å²) in [5.74, 6) is 0. The minimum Gasteiger partial charge on any atom is -0.399 e. The maximum Gasteiger partial charge on any atom is 0.0347 e. The SMILES string of the molecule is CCCCN(CC)CCc1ccccc1N. The highest BCUT2D eigenvalue weighted by Gasteiger charge is 2.03. The summed E-state index contributed by atoms with van der Waals surface area (Å²) in [6.07, 6.45) is 3.62. The Morgan fingerprint density at radius 1 is 1.12 bits per heavy atom. The average Bonchev–Trinajstić information content (AvgIpc) is 2.31. The summed E-state index contributed by atoms with van der Waals surface area (Å²) in [7, 11) is 0. The highest BCUT2D eigenvalue weighted by atomic mass is 15.1. The van der Waals surface area contributed by atoms with Crippen LogP contribution in [0.2, 0.25) is 0 Å². The van der Waals surface area contributed by atoms with Crippen molar-refractivity contribution in [3.8, 4) is 0 Å². The van der Waals surface area contributed by atoms with Crippen molar-refractivity contribution in [1.29, 1.82) is 0 Å². The molecule has 0 radical (unpaired) electrons. The van der Waals surface area contributed by atoms with Crippen LogP contribution in [0.25, 0.3) is 0 Å². The Morgan fingerprint density at radius 3 is 2.50 bits per heavy atom. The van der Waals surface area contributed by atoms with Crippen molar-refractivity contribution in [2.75, 3.05) is 25.4 Å². The van der Waals surface area contributed by atoms with Gasteiger partial charge in [0.05, 0.1) is 0 Å². The minimum atomic E-state index is 0.925. The van der Waals surface area contributed by atoms with Crippen LogP contribution in [0.5, 0.6) is 0 Å². The molecule has 0 bridgehead atoms. The van der Waals surface area contributed by atoms with Crippen molar-refractivity contribution >= 4 is 5.69 Å². The van der Waals surface area contributed by atoms with Crippen LogP contribution in [-0.2, 0) is 6.42 Å². The molecule has 2 nitrogen and oxygen atoms in total. The fourth-order valence-electron chi connectivity index (χ4n) is 1.85. The third-order valence-electron chi connectivity index (χ3n) is 3.03. The molecular formula is C14H24N2. The standard InChI is InChI=1S/C14H24N2/c1-3-5-11-16(4-2)12-10-13-8-6-7-9-14(13)15/h6-9H,3-5,10-12,15H2,1-2H3. The van der Waals surface area contributed by atoms with Crippen LogP contribution in [-0.4, -0.2) is 24.5 Å². The number of hydrogen-bond acceptors (Lipinski definition) is 2. The molecule has 0 saturated carbocycles. The van der Waals surface area contributed by atoms with Gasteiger partial charge in [-0.25, -0.2) is 0 Å². The van der Waals surface area contributed by atoms with Crippen molar-refractivity contribution in [2.24, 2.45) is 0 Å². The van der Waals surface area contributed by atoms with E-state index in [-0.39, 0.29) is 0 Å². The molecule has 0 saturated heterocycles. The van der Waals surface area contributed by atoms with Gasteiger partial charge in [-0.1, -0.05) is 38.5 Å². The topological polar surface area (TPSA) is 29.3 Å². The minimum absolute atomic E-state index is 0.925. The molecule has 2 heteroatoms. The molecular weight excluding hydrogens is 196 g/mol. The number of anilines is 1. The molecule has 0 atom stereocenters. The van der Waals surface area contributed by atoms with E-state index in [9.17, 15) is 0 Å². The van der Waals surface area contributed by atoms with Crippen molar-refractivity contribution in [3.05, 3.63) is 29.8 Å². The first-order chi connectivity index (χ1) is 7.77. The van der Waals surface area contributed by atoms with E-state index < -0.39 is 0 Å². The molecule has 1 aromatic carbocycles. The molecule has 2 N–H and O–H groups in total. The molecule has 0 heterocycles. The van der Waals surface area contributed by atoms with Gasteiger partial charge in [0.1, 0.15) is 0 Å². The summed E-state index contributed by atoms with van der Waals surface area (Å²) < 4.78 is 0. The molecule has 1 aromatic rings. The lowest BCUT2D eigenvalue weighted by molar-refractivity contribution is 0.287. The van der Waals surface area contributed by atoms with Gasteiger partial charge in [-0.05, 0) is 37.6 Å². The maximum absolute atomic E-state index is 5.93. The summed E-state index contributed by atoms with van der Waals surface area (Å²) in [6.45, 7) is 7.92. The Bertz CT molecular complexity index is 297. The van der Waals surface area contributed by atoms with Crippen molar-refractivity contribution in [2.45, 2.75) is 33.1 Å². The summed E-state index contributed by atoms with van der Waals surface area (Å²) >= 11 is 0. The Kier molecular flexibility index (Phi) is 5.94. The first-order valence-electron chi connectivity index (χ1n) is 6.33. The highest BCUT2D eigenvalue weighted by Crippen LogP contribution is 2.11. The summed E-state index contributed by atoms with van der Waals surface area (Å²) in [5.41, 5.74) is 8.13. The number of likely N-dealkylation sites (N-methyl/N-ethyl adjacent to an activating group) is 1. The number of nitrogens with two attached hydrogens (primary N) is 1. The van der Waals surface area contributed by atoms with E-state index in [0.29, 0.717) is 0 Å². The quantitative estimate of drug-likeness (QED) is 0.716. The smallest absolute Gasteiger partial charge is 0.0347 e. The van der Waals surface area contributed by atoms with Gasteiger partial charge in [-0.3, -0.25) is 0 Å². The number of rotatable bonds is 7. The number of para-hydroxylation sites is 1. The molecule has 0 aromatic heterocycles. The number of hydrogen-bond donors (Lipinski definition) is 1. The highest BCUT2D eigenvalue weighted by molar-refractivity contribution is 5.46. The Morgan fingerprint density at radius 2 is 1.88 bits per heavy atom. The molecule has 0 aliphatic carbocycles. The average molecular weight is 220 g/mol. The summed E-state index contributed by atoms with van der Waals surface area (Å²) in [6, 6.07) is 8.17. The molecule has 0 unspecified atom stereocenters. The molecule has 0 aliphatic rings. The normalized spacial score (nSPS) is 10.9. The van der Waals surface area contributed by atoms with Gasteiger partial charge < -0.3 is 10.6 Å². The summed E-state index contributed by atoms with van der Waals surface area (Å²) in [5, 5.41) is 0. The summed E-state index contributed by atoms with van der Waals surface area (Å²) in [4.78, 5) is 2.50. The largest absolute Gasteiger partial charge is 0.399 e. The van der Waals surface area contributed by atoms with Gasteiger partial charge in [-0.2, -0.15) is 0 Å². The van der Waals surface area contributed by atoms with Crippen LogP contribution in [0.3, 0.4) is 0 Å². The lowest BCUT2D eigenvalue weighted by Crippen LogP contribution is -2.27. The molecule has 16 heavy (non-hydrogen) atoms. The van der Waals surface area contributed by atoms with Crippen molar-refractivity contribution in [3.63, 3.8) is 0 Å². The van der Waals surface area contributed by atoms with Gasteiger partial charge in [0.25, 0.3) is 0 Å². The fourth-order valence-corrected chi connectivity index (χ4v) is 1.85. The maximum atomic E-state index is 5.93. The van der Waals surface area contributed by atoms with E-state index in [1.807, 2.05) is 12.1 Å². The molecule has 0 amide bonds. The van der Waals surface area contributed by atoms with Crippen LogP contribution in [0.4, 0.5) is 5.69 Å². The molecule has 0 aliphatic heterocycles. The van der Waals surface area contributed by atoms with Crippen LogP contribution in [0.15, 0.2) is 24.3 Å². The van der Waals surface area contributed by atoms with E-state index in [1.165, 1.54) is 24.9 Å². The van der Waals surface area contributed by atoms with Crippen LogP contribution >= 0.6 is 0 Å². The van der Waals surface area contributed by atoms with Crippen molar-refractivity contribution < 1.29 is 0 Å². The number of nitrogens with zero attached hydrogens (tertiary/aromatic N) is 1. The zero-order chi connectivity index (χ0) is 11.8. The Labute approximate surface area is 99.5 Å². The first-order valence-corrected chi connectivity index (χ1v) is 6.33. The number of unbranched alkanes of at least 4 members (excludes halogenated alkanes) is 1. The van der Waals surface area contributed by atoms with E-state index in [2.05, 4.69) is 30.9 Å². The predicted molar refractivity (Wildman–Crippen MR) is 71.6 cm³/mol. The van der Waals surface area contributed by atoms with Gasteiger partial charge in [0, 0.05) is 12.2 Å². The molecule has 0 fully saturated rings. The van der Waals surface area contributed by atoms with Crippen LogP contribution < -0.4 is 5.73 Å². The Hall–Kier alpha value is -1.02. The lowest BCUT2D eigenvalue weighted by atomic mass is 10.1. The second-order valence-corrected chi connectivity index (χ2v) is 4.24. The van der Waals surface area contributed by atoms with E-state index in [0.717, 1.165) is 25.2 Å². The number of benzene rings is 1. The first kappa shape index (κ1) is 13.0. The van der Waals surface area contributed by atoms with E-state index >= 15 is 0 Å². The fraction of sp³-hybridized carbons (Fsp3) is 0.571. The van der Waals surface area contributed by atoms with Crippen LogP contribution in [0.1, 0.15) is 32.3 Å². The van der Waals surface area contributed by atoms with Gasteiger partial charge in [-0.15, -0.1) is 0 Å². The van der Waals surface area contributed by atoms with E-state index in [1.54, 1.807) is 0 Å². The molecule has 1 rings (SSSR count). The Balaban J connectivity index is 2.40. The predicted octanol–water partition coefficient (Wildman–Crippen LogP) is 2.93. The second-order valence-electron chi connectivity index (χ2n) is 4.24. The monoisotopic (exact) mass is 220 g/mol.